The molecule has 0 aliphatic carbocycles. The molecule has 7 nitrogen and oxygen atoms in total. The molecule has 1 rings (SSSR count). The summed E-state index contributed by atoms with van der Waals surface area (Å²) in [6, 6.07) is 6.79. The Morgan fingerprint density at radius 2 is 1.91 bits per heavy atom. The molecule has 0 aromatic heterocycles. The first kappa shape index (κ1) is 17.1. The highest BCUT2D eigenvalue weighted by Gasteiger charge is 2.16. The Balaban J connectivity index is 2.52. The second kappa shape index (κ2) is 9.10. The number of amides is 1. The fourth-order valence-corrected chi connectivity index (χ4v) is 1.44. The van der Waals surface area contributed by atoms with Crippen LogP contribution in [0.5, 0.6) is 0 Å². The molecule has 0 heterocycles. The van der Waals surface area contributed by atoms with E-state index >= 15 is 0 Å². The molecule has 1 amide bonds. The molecule has 1 aromatic rings. The molecular weight excluding hydrogens is 288 g/mol. The Labute approximate surface area is 127 Å². The fourth-order valence-electron chi connectivity index (χ4n) is 1.44. The number of rotatable bonds is 7. The summed E-state index contributed by atoms with van der Waals surface area (Å²) < 4.78 is 9.69. The summed E-state index contributed by atoms with van der Waals surface area (Å²) in [5.41, 5.74) is 1.38. The number of carbonyl (C=O) groups is 2. The molecule has 0 aliphatic rings. The van der Waals surface area contributed by atoms with Crippen molar-refractivity contribution in [2.24, 2.45) is 5.10 Å². The standard InChI is InChI=1S/C15H16N2O5/c1-3-14(19)21-9-4-10-22-15(20)17(16-11-18)13-7-5-12(2)6-8-13/h3,5-8H,1,4,9-10H2,2H3. The predicted molar refractivity (Wildman–Crippen MR) is 78.9 cm³/mol. The number of benzene rings is 1. The normalized spacial score (nSPS) is 9.32. The number of esters is 1. The first-order valence-electron chi connectivity index (χ1n) is 6.49. The maximum Gasteiger partial charge on any atom is 0.435 e. The summed E-state index contributed by atoms with van der Waals surface area (Å²) in [7, 11) is 0. The number of ether oxygens (including phenoxy) is 2. The highest BCUT2D eigenvalue weighted by atomic mass is 16.6. The quantitative estimate of drug-likeness (QED) is 0.193. The summed E-state index contributed by atoms with van der Waals surface area (Å²) in [5.74, 6) is -0.543. The van der Waals surface area contributed by atoms with Gasteiger partial charge >= 0.3 is 12.1 Å². The van der Waals surface area contributed by atoms with Gasteiger partial charge in [0.2, 0.25) is 0 Å². The van der Waals surface area contributed by atoms with Gasteiger partial charge in [-0.15, -0.1) is 0 Å². The molecule has 0 radical (unpaired) electrons. The van der Waals surface area contributed by atoms with E-state index in [1.165, 1.54) is 6.08 Å². The Kier molecular flexibility index (Phi) is 7.08. The number of carbonyl (C=O) groups excluding carboxylic acids is 3. The van der Waals surface area contributed by atoms with Crippen molar-refractivity contribution >= 4 is 23.8 Å². The summed E-state index contributed by atoms with van der Waals surface area (Å²) in [6.45, 7) is 5.26. The molecule has 7 heteroatoms. The van der Waals surface area contributed by atoms with Gasteiger partial charge in [0.05, 0.1) is 18.9 Å². The molecule has 0 aliphatic heterocycles. The van der Waals surface area contributed by atoms with E-state index in [0.29, 0.717) is 12.1 Å². The zero-order chi connectivity index (χ0) is 16.4. The van der Waals surface area contributed by atoms with Gasteiger partial charge in [-0.05, 0) is 19.1 Å². The van der Waals surface area contributed by atoms with Crippen LogP contribution in [0.25, 0.3) is 0 Å². The van der Waals surface area contributed by atoms with Gasteiger partial charge in [0.1, 0.15) is 0 Å². The molecule has 0 bridgehead atoms. The number of nitrogens with zero attached hydrogens (tertiary/aromatic N) is 2. The van der Waals surface area contributed by atoms with E-state index in [4.69, 9.17) is 9.47 Å². The topological polar surface area (TPSA) is 85.3 Å². The molecule has 116 valence electrons. The predicted octanol–water partition coefficient (Wildman–Crippen LogP) is 2.31. The van der Waals surface area contributed by atoms with Crippen LogP contribution in [-0.2, 0) is 19.1 Å². The minimum atomic E-state index is -0.817. The van der Waals surface area contributed by atoms with Crippen molar-refractivity contribution in [2.75, 3.05) is 18.2 Å². The van der Waals surface area contributed by atoms with Crippen LogP contribution in [0.15, 0.2) is 42.0 Å². The fraction of sp³-hybridized carbons (Fsp3) is 0.267. The van der Waals surface area contributed by atoms with Crippen LogP contribution in [0.2, 0.25) is 0 Å². The van der Waals surface area contributed by atoms with Gasteiger partial charge in [-0.1, -0.05) is 29.4 Å². The van der Waals surface area contributed by atoms with Crippen molar-refractivity contribution < 1.29 is 23.9 Å². The number of hydrogen-bond acceptors (Lipinski definition) is 6. The van der Waals surface area contributed by atoms with Crippen LogP contribution < -0.4 is 5.01 Å². The molecule has 1 aromatic carbocycles. The van der Waals surface area contributed by atoms with Crippen LogP contribution in [0, 0.1) is 6.92 Å². The van der Waals surface area contributed by atoms with E-state index in [2.05, 4.69) is 11.7 Å². The highest BCUT2D eigenvalue weighted by Crippen LogP contribution is 2.16. The summed E-state index contributed by atoms with van der Waals surface area (Å²) in [4.78, 5) is 33.1. The lowest BCUT2D eigenvalue weighted by Crippen LogP contribution is -2.26. The summed E-state index contributed by atoms with van der Waals surface area (Å²) in [5, 5.41) is 4.13. The first-order valence-corrected chi connectivity index (χ1v) is 6.49. The third-order valence-corrected chi connectivity index (χ3v) is 2.52. The Bertz CT molecular complexity index is 576. The van der Waals surface area contributed by atoms with E-state index < -0.39 is 12.1 Å². The van der Waals surface area contributed by atoms with Crippen molar-refractivity contribution in [1.29, 1.82) is 0 Å². The van der Waals surface area contributed by atoms with Crippen molar-refractivity contribution in [3.8, 4) is 0 Å². The molecular formula is C15H16N2O5. The number of anilines is 1. The van der Waals surface area contributed by atoms with Crippen molar-refractivity contribution in [3.05, 3.63) is 42.5 Å². The van der Waals surface area contributed by atoms with Gasteiger partial charge in [-0.3, -0.25) is 0 Å². The second-order valence-electron chi connectivity index (χ2n) is 4.18. The number of hydrazone groups is 1. The monoisotopic (exact) mass is 304 g/mol. The van der Waals surface area contributed by atoms with Crippen molar-refractivity contribution in [3.63, 3.8) is 0 Å². The van der Waals surface area contributed by atoms with Crippen LogP contribution in [-0.4, -0.2) is 31.4 Å². The van der Waals surface area contributed by atoms with Crippen LogP contribution in [0.4, 0.5) is 10.5 Å². The van der Waals surface area contributed by atoms with E-state index in [1.807, 2.05) is 6.92 Å². The van der Waals surface area contributed by atoms with Gasteiger partial charge in [0.25, 0.3) is 6.08 Å². The number of aryl methyl sites for hydroxylation is 1. The Hall–Kier alpha value is -2.92. The van der Waals surface area contributed by atoms with Crippen molar-refractivity contribution in [1.82, 2.24) is 0 Å². The smallest absolute Gasteiger partial charge is 0.435 e. The van der Waals surface area contributed by atoms with E-state index in [9.17, 15) is 14.4 Å². The largest absolute Gasteiger partial charge is 0.462 e. The highest BCUT2D eigenvalue weighted by molar-refractivity contribution is 5.87. The maximum atomic E-state index is 11.9. The molecule has 0 saturated heterocycles. The summed E-state index contributed by atoms with van der Waals surface area (Å²) in [6.07, 6.45) is 1.85. The minimum absolute atomic E-state index is 0.0139. The molecule has 0 spiro atoms. The van der Waals surface area contributed by atoms with Crippen molar-refractivity contribution in [2.45, 2.75) is 13.3 Å². The van der Waals surface area contributed by atoms with Crippen LogP contribution in [0.1, 0.15) is 12.0 Å². The van der Waals surface area contributed by atoms with Gasteiger partial charge in [0, 0.05) is 12.5 Å². The van der Waals surface area contributed by atoms with Gasteiger partial charge < -0.3 is 9.47 Å². The van der Waals surface area contributed by atoms with Crippen LogP contribution >= 0.6 is 0 Å². The zero-order valence-corrected chi connectivity index (χ0v) is 12.2. The lowest BCUT2D eigenvalue weighted by atomic mass is 10.2. The maximum absolute atomic E-state index is 11.9. The Morgan fingerprint density at radius 1 is 1.27 bits per heavy atom. The first-order chi connectivity index (χ1) is 10.6. The minimum Gasteiger partial charge on any atom is -0.462 e. The third kappa shape index (κ3) is 5.60. The van der Waals surface area contributed by atoms with E-state index in [1.54, 1.807) is 24.3 Å². The summed E-state index contributed by atoms with van der Waals surface area (Å²) >= 11 is 0. The Morgan fingerprint density at radius 3 is 2.50 bits per heavy atom. The van der Waals surface area contributed by atoms with E-state index in [-0.39, 0.29) is 13.2 Å². The molecule has 0 N–H and O–H groups in total. The number of hydrogen-bond donors (Lipinski definition) is 0. The second-order valence-corrected chi connectivity index (χ2v) is 4.18. The molecule has 0 unspecified atom stereocenters. The molecule has 22 heavy (non-hydrogen) atoms. The number of isocyanates is 1. The SMILES string of the molecule is C=CC(=O)OCCCOC(=O)N(N=C=O)c1ccc(C)cc1. The van der Waals surface area contributed by atoms with Gasteiger partial charge in [0.15, 0.2) is 0 Å². The van der Waals surface area contributed by atoms with E-state index in [0.717, 1.165) is 16.6 Å². The molecule has 0 fully saturated rings. The lowest BCUT2D eigenvalue weighted by Gasteiger charge is -2.15. The third-order valence-electron chi connectivity index (χ3n) is 2.52. The average molecular weight is 304 g/mol. The lowest BCUT2D eigenvalue weighted by molar-refractivity contribution is -0.137. The average Bonchev–Trinajstić information content (AvgIpc) is 2.52. The molecule has 0 saturated carbocycles. The molecule has 0 atom stereocenters. The van der Waals surface area contributed by atoms with Crippen LogP contribution in [0.3, 0.4) is 0 Å². The van der Waals surface area contributed by atoms with Gasteiger partial charge in [-0.2, -0.15) is 5.01 Å². The zero-order valence-electron chi connectivity index (χ0n) is 12.2. The van der Waals surface area contributed by atoms with Gasteiger partial charge in [-0.25, -0.2) is 14.4 Å².